The van der Waals surface area contributed by atoms with E-state index in [2.05, 4.69) is 0 Å². The summed E-state index contributed by atoms with van der Waals surface area (Å²) in [6.45, 7) is 0.609. The summed E-state index contributed by atoms with van der Waals surface area (Å²) in [6, 6.07) is -0.229. The van der Waals surface area contributed by atoms with Gasteiger partial charge in [0.05, 0.1) is 17.4 Å². The van der Waals surface area contributed by atoms with Gasteiger partial charge in [-0.05, 0) is 13.3 Å². The topological polar surface area (TPSA) is 88.6 Å². The van der Waals surface area contributed by atoms with Crippen LogP contribution in [-0.2, 0) is 6.54 Å². The second kappa shape index (κ2) is 6.64. The van der Waals surface area contributed by atoms with Crippen LogP contribution in [0.15, 0.2) is 11.0 Å². The number of nitrogens with two attached hydrogens (primary N) is 1. The Morgan fingerprint density at radius 3 is 2.62 bits per heavy atom. The molecular weight excluding hydrogens is 351 g/mol. The van der Waals surface area contributed by atoms with Crippen LogP contribution in [0.25, 0.3) is 10.9 Å². The molecule has 3 rings (SSSR count). The van der Waals surface area contributed by atoms with Crippen molar-refractivity contribution in [2.75, 3.05) is 24.7 Å². The highest BCUT2D eigenvalue weighted by molar-refractivity contribution is 5.95. The van der Waals surface area contributed by atoms with E-state index in [-0.39, 0.29) is 41.3 Å². The van der Waals surface area contributed by atoms with Gasteiger partial charge in [0.15, 0.2) is 11.6 Å². The third kappa shape index (κ3) is 2.72. The van der Waals surface area contributed by atoms with Crippen LogP contribution < -0.4 is 16.1 Å². The van der Waals surface area contributed by atoms with Crippen LogP contribution in [0, 0.1) is 18.6 Å². The molecule has 0 saturated carbocycles. The molecule has 3 N–H and O–H groups in total. The molecule has 1 fully saturated rings. The molecule has 9 heteroatoms. The summed E-state index contributed by atoms with van der Waals surface area (Å²) in [5.74, 6) is -3.49. The van der Waals surface area contributed by atoms with Crippen molar-refractivity contribution >= 4 is 22.6 Å². The molecule has 140 valence electrons. The number of aromatic nitrogens is 1. The van der Waals surface area contributed by atoms with Crippen molar-refractivity contribution in [3.05, 3.63) is 39.2 Å². The van der Waals surface area contributed by atoms with Gasteiger partial charge in [0.25, 0.3) is 0 Å². The quantitative estimate of drug-likeness (QED) is 0.858. The first-order valence-electron chi connectivity index (χ1n) is 8.12. The fourth-order valence-corrected chi connectivity index (χ4v) is 3.43. The molecule has 2 aromatic rings. The number of benzene rings is 1. The highest BCUT2D eigenvalue weighted by Crippen LogP contribution is 2.34. The zero-order valence-electron chi connectivity index (χ0n) is 14.1. The van der Waals surface area contributed by atoms with E-state index in [1.54, 1.807) is 0 Å². The molecule has 1 saturated heterocycles. The molecule has 0 aliphatic carbocycles. The first-order valence-corrected chi connectivity index (χ1v) is 8.12. The molecular formula is C17H18F3N3O3. The van der Waals surface area contributed by atoms with Crippen molar-refractivity contribution in [3.8, 4) is 0 Å². The Morgan fingerprint density at radius 1 is 1.38 bits per heavy atom. The highest BCUT2D eigenvalue weighted by Gasteiger charge is 2.30. The van der Waals surface area contributed by atoms with Crippen LogP contribution >= 0.6 is 0 Å². The van der Waals surface area contributed by atoms with Crippen LogP contribution in [0.3, 0.4) is 0 Å². The predicted molar refractivity (Wildman–Crippen MR) is 90.6 cm³/mol. The van der Waals surface area contributed by atoms with E-state index < -0.39 is 35.3 Å². The normalized spacial score (nSPS) is 17.3. The minimum atomic E-state index is -1.54. The van der Waals surface area contributed by atoms with Gasteiger partial charge in [-0.3, -0.25) is 4.79 Å². The fourth-order valence-electron chi connectivity index (χ4n) is 3.43. The fraction of sp³-hybridized carbons (Fsp3) is 0.412. The number of hydrogen-bond acceptors (Lipinski definition) is 4. The number of pyridine rings is 1. The molecule has 1 aromatic heterocycles. The number of carboxylic acid groups (broad SMARTS) is 1. The number of alkyl halides is 1. The number of aryl methyl sites for hydroxylation is 2. The maximum atomic E-state index is 15.2. The summed E-state index contributed by atoms with van der Waals surface area (Å²) in [5.41, 5.74) is 3.36. The van der Waals surface area contributed by atoms with E-state index in [9.17, 15) is 23.5 Å². The number of carboxylic acids is 1. The molecule has 1 aromatic carbocycles. The Kier molecular flexibility index (Phi) is 4.66. The molecule has 1 aliphatic rings. The Hall–Kier alpha value is -2.55. The van der Waals surface area contributed by atoms with Gasteiger partial charge in [-0.1, -0.05) is 0 Å². The summed E-state index contributed by atoms with van der Waals surface area (Å²) in [4.78, 5) is 25.2. The maximum Gasteiger partial charge on any atom is 0.341 e. The van der Waals surface area contributed by atoms with Gasteiger partial charge < -0.3 is 20.3 Å². The second-order valence-electron chi connectivity index (χ2n) is 6.38. The van der Waals surface area contributed by atoms with E-state index in [1.807, 2.05) is 0 Å². The number of fused-ring (bicyclic) bond motifs is 1. The van der Waals surface area contributed by atoms with E-state index in [0.29, 0.717) is 13.0 Å². The van der Waals surface area contributed by atoms with Gasteiger partial charge in [0.2, 0.25) is 5.43 Å². The lowest BCUT2D eigenvalue weighted by molar-refractivity contribution is 0.0694. The van der Waals surface area contributed by atoms with Crippen molar-refractivity contribution in [1.29, 1.82) is 0 Å². The Morgan fingerprint density at radius 2 is 2.08 bits per heavy atom. The number of rotatable bonds is 4. The monoisotopic (exact) mass is 369 g/mol. The Balaban J connectivity index is 2.42. The van der Waals surface area contributed by atoms with Crippen molar-refractivity contribution in [3.63, 3.8) is 0 Å². The van der Waals surface area contributed by atoms with Gasteiger partial charge >= 0.3 is 5.97 Å². The summed E-state index contributed by atoms with van der Waals surface area (Å²) in [6.07, 6.45) is 1.46. The second-order valence-corrected chi connectivity index (χ2v) is 6.38. The third-order valence-electron chi connectivity index (χ3n) is 4.71. The number of aromatic carboxylic acids is 1. The van der Waals surface area contributed by atoms with Crippen molar-refractivity contribution in [2.24, 2.45) is 5.73 Å². The van der Waals surface area contributed by atoms with Gasteiger partial charge in [0, 0.05) is 30.9 Å². The van der Waals surface area contributed by atoms with Gasteiger partial charge in [0.1, 0.15) is 17.9 Å². The smallest absolute Gasteiger partial charge is 0.341 e. The summed E-state index contributed by atoms with van der Waals surface area (Å²) in [7, 11) is 0. The third-order valence-corrected chi connectivity index (χ3v) is 4.71. The zero-order valence-corrected chi connectivity index (χ0v) is 14.1. The molecule has 6 nitrogen and oxygen atoms in total. The van der Waals surface area contributed by atoms with Crippen molar-refractivity contribution < 1.29 is 23.1 Å². The molecule has 1 unspecified atom stereocenters. The minimum Gasteiger partial charge on any atom is -0.477 e. The molecule has 1 atom stereocenters. The lowest BCUT2D eigenvalue weighted by Gasteiger charge is -2.23. The van der Waals surface area contributed by atoms with E-state index >= 15 is 4.39 Å². The Labute approximate surface area is 146 Å². The lowest BCUT2D eigenvalue weighted by Crippen LogP contribution is -2.29. The first kappa shape index (κ1) is 18.2. The van der Waals surface area contributed by atoms with E-state index in [4.69, 9.17) is 5.73 Å². The van der Waals surface area contributed by atoms with Crippen LogP contribution in [0.2, 0.25) is 0 Å². The SMILES string of the molecule is Cc1c(F)c(N2CCC(N)C2)c(F)c2c1c(=O)c(C(=O)O)cn2CCF. The average Bonchev–Trinajstić information content (AvgIpc) is 3.00. The van der Waals surface area contributed by atoms with Crippen LogP contribution in [0.1, 0.15) is 22.3 Å². The highest BCUT2D eigenvalue weighted by atomic mass is 19.1. The van der Waals surface area contributed by atoms with Crippen molar-refractivity contribution in [2.45, 2.75) is 25.9 Å². The van der Waals surface area contributed by atoms with E-state index in [1.165, 1.54) is 11.8 Å². The van der Waals surface area contributed by atoms with Gasteiger partial charge in [-0.2, -0.15) is 0 Å². The molecule has 26 heavy (non-hydrogen) atoms. The van der Waals surface area contributed by atoms with Crippen LogP contribution in [0.4, 0.5) is 18.9 Å². The largest absolute Gasteiger partial charge is 0.477 e. The van der Waals surface area contributed by atoms with Gasteiger partial charge in [-0.15, -0.1) is 0 Å². The maximum absolute atomic E-state index is 15.2. The van der Waals surface area contributed by atoms with Crippen molar-refractivity contribution in [1.82, 2.24) is 4.57 Å². The predicted octanol–water partition coefficient (Wildman–Crippen LogP) is 1.79. The molecule has 1 aliphatic heterocycles. The summed E-state index contributed by atoms with van der Waals surface area (Å²) < 4.78 is 44.1. The lowest BCUT2D eigenvalue weighted by atomic mass is 10.0. The zero-order chi connectivity index (χ0) is 19.2. The molecule has 0 spiro atoms. The number of carbonyl (C=O) groups is 1. The van der Waals surface area contributed by atoms with Gasteiger partial charge in [-0.25, -0.2) is 18.0 Å². The number of anilines is 1. The first-order chi connectivity index (χ1) is 12.3. The molecule has 2 heterocycles. The minimum absolute atomic E-state index is 0.169. The number of nitrogens with zero attached hydrogens (tertiary/aromatic N) is 2. The summed E-state index contributed by atoms with van der Waals surface area (Å²) in [5, 5.41) is 8.80. The van der Waals surface area contributed by atoms with E-state index in [0.717, 1.165) is 10.8 Å². The summed E-state index contributed by atoms with van der Waals surface area (Å²) >= 11 is 0. The average molecular weight is 369 g/mol. The van der Waals surface area contributed by atoms with Crippen LogP contribution in [0.5, 0.6) is 0 Å². The standard InChI is InChI=1S/C17H18F3N3O3/c1-8-11-14(23(5-3-18)7-10(16(11)24)17(25)26)13(20)15(12(8)19)22-4-2-9(21)6-22/h7,9H,2-6,21H2,1H3,(H,25,26). The Bertz CT molecular complexity index is 958. The molecule has 0 bridgehead atoms. The molecule has 0 amide bonds. The number of hydrogen-bond donors (Lipinski definition) is 2. The molecule has 0 radical (unpaired) electrons. The number of halogens is 3. The van der Waals surface area contributed by atoms with Crippen LogP contribution in [-0.4, -0.2) is 41.4 Å².